The molecule has 0 spiro atoms. The molecule has 0 atom stereocenters. The molecule has 3 nitrogen and oxygen atoms in total. The second-order valence-electron chi connectivity index (χ2n) is 6.01. The number of hydrogen-bond donors (Lipinski definition) is 0. The zero-order valence-electron chi connectivity index (χ0n) is 14.0. The van der Waals surface area contributed by atoms with E-state index in [1.54, 1.807) is 6.07 Å². The highest BCUT2D eigenvalue weighted by Gasteiger charge is 2.16. The molecule has 2 rings (SSSR count). The van der Waals surface area contributed by atoms with Gasteiger partial charge in [-0.3, -0.25) is 10.1 Å². The Balaban J connectivity index is 2.28. The fourth-order valence-electron chi connectivity index (χ4n) is 2.74. The smallest absolute Gasteiger partial charge is 0.258 e. The van der Waals surface area contributed by atoms with Crippen molar-refractivity contribution in [2.45, 2.75) is 52.4 Å². The first-order valence-electron chi connectivity index (χ1n) is 8.52. The van der Waals surface area contributed by atoms with Gasteiger partial charge < -0.3 is 0 Å². The first-order valence-corrected chi connectivity index (χ1v) is 8.52. The van der Waals surface area contributed by atoms with Gasteiger partial charge in [-0.05, 0) is 48.4 Å². The van der Waals surface area contributed by atoms with Crippen LogP contribution in [-0.2, 0) is 12.8 Å². The number of nitro benzene ring substituents is 1. The third kappa shape index (κ3) is 4.65. The minimum Gasteiger partial charge on any atom is -0.258 e. The second kappa shape index (κ2) is 8.47. The van der Waals surface area contributed by atoms with Crippen LogP contribution < -0.4 is 0 Å². The number of aryl methyl sites for hydroxylation is 2. The van der Waals surface area contributed by atoms with E-state index in [0.29, 0.717) is 5.56 Å². The Kier molecular flexibility index (Phi) is 6.33. The summed E-state index contributed by atoms with van der Waals surface area (Å²) in [6, 6.07) is 13.8. The maximum atomic E-state index is 11.4. The molecule has 122 valence electrons. The second-order valence-corrected chi connectivity index (χ2v) is 6.01. The van der Waals surface area contributed by atoms with Crippen LogP contribution in [0.4, 0.5) is 5.69 Å². The summed E-state index contributed by atoms with van der Waals surface area (Å²) in [6.45, 7) is 4.31. The summed E-state index contributed by atoms with van der Waals surface area (Å²) in [5, 5.41) is 11.4. The summed E-state index contributed by atoms with van der Waals surface area (Å²) in [5.74, 6) is 0. The molecule has 0 aliphatic rings. The molecule has 0 unspecified atom stereocenters. The quantitative estimate of drug-likeness (QED) is 0.447. The highest BCUT2D eigenvalue weighted by atomic mass is 16.6. The zero-order chi connectivity index (χ0) is 16.7. The molecular weight excluding hydrogens is 286 g/mol. The normalized spacial score (nSPS) is 10.7. The SMILES string of the molecule is CCCCc1ccc(-c2ccc(CCCC)cc2[N+](=O)[O-])cc1. The Bertz CT molecular complexity index is 647. The number of unbranched alkanes of at least 4 members (excludes halogenated alkanes) is 2. The number of nitro groups is 1. The lowest BCUT2D eigenvalue weighted by Gasteiger charge is -2.07. The zero-order valence-corrected chi connectivity index (χ0v) is 14.0. The molecule has 0 N–H and O–H groups in total. The van der Waals surface area contributed by atoms with Crippen LogP contribution in [0.25, 0.3) is 11.1 Å². The predicted octanol–water partition coefficient (Wildman–Crippen LogP) is 5.95. The van der Waals surface area contributed by atoms with Crippen molar-refractivity contribution < 1.29 is 4.92 Å². The summed E-state index contributed by atoms with van der Waals surface area (Å²) in [6.07, 6.45) is 6.46. The summed E-state index contributed by atoms with van der Waals surface area (Å²) >= 11 is 0. The van der Waals surface area contributed by atoms with Crippen molar-refractivity contribution in [1.82, 2.24) is 0 Å². The van der Waals surface area contributed by atoms with Crippen LogP contribution in [0, 0.1) is 10.1 Å². The topological polar surface area (TPSA) is 43.1 Å². The van der Waals surface area contributed by atoms with Gasteiger partial charge in [0.2, 0.25) is 0 Å². The van der Waals surface area contributed by atoms with Gasteiger partial charge in [0.05, 0.1) is 10.5 Å². The highest BCUT2D eigenvalue weighted by Crippen LogP contribution is 2.31. The number of nitrogens with zero attached hydrogens (tertiary/aromatic N) is 1. The van der Waals surface area contributed by atoms with Crippen LogP contribution in [0.5, 0.6) is 0 Å². The molecule has 0 aromatic heterocycles. The van der Waals surface area contributed by atoms with E-state index in [2.05, 4.69) is 26.0 Å². The Hall–Kier alpha value is -2.16. The summed E-state index contributed by atoms with van der Waals surface area (Å²) in [7, 11) is 0. The highest BCUT2D eigenvalue weighted by molar-refractivity contribution is 5.74. The molecule has 0 heterocycles. The summed E-state index contributed by atoms with van der Waals surface area (Å²) in [5.41, 5.74) is 4.16. The minimum absolute atomic E-state index is 0.208. The first kappa shape index (κ1) is 17.2. The van der Waals surface area contributed by atoms with Gasteiger partial charge in [-0.25, -0.2) is 0 Å². The molecule has 0 bridgehead atoms. The van der Waals surface area contributed by atoms with Crippen molar-refractivity contribution in [1.29, 1.82) is 0 Å². The number of rotatable bonds is 8. The van der Waals surface area contributed by atoms with Crippen LogP contribution in [0.1, 0.15) is 50.7 Å². The summed E-state index contributed by atoms with van der Waals surface area (Å²) in [4.78, 5) is 11.2. The summed E-state index contributed by atoms with van der Waals surface area (Å²) < 4.78 is 0. The van der Waals surface area contributed by atoms with Gasteiger partial charge >= 0.3 is 0 Å². The molecule has 23 heavy (non-hydrogen) atoms. The van der Waals surface area contributed by atoms with Gasteiger partial charge in [-0.15, -0.1) is 0 Å². The molecule has 0 radical (unpaired) electrons. The molecule has 0 aliphatic carbocycles. The van der Waals surface area contributed by atoms with E-state index in [-0.39, 0.29) is 10.6 Å². The van der Waals surface area contributed by atoms with Crippen molar-refractivity contribution >= 4 is 5.69 Å². The molecule has 3 heteroatoms. The fraction of sp³-hybridized carbons (Fsp3) is 0.400. The van der Waals surface area contributed by atoms with Gasteiger partial charge in [-0.1, -0.05) is 57.0 Å². The Morgan fingerprint density at radius 1 is 0.870 bits per heavy atom. The predicted molar refractivity (Wildman–Crippen MR) is 95.8 cm³/mol. The molecule has 0 saturated carbocycles. The molecule has 2 aromatic rings. The lowest BCUT2D eigenvalue weighted by Crippen LogP contribution is -1.95. The van der Waals surface area contributed by atoms with E-state index in [0.717, 1.165) is 36.8 Å². The fourth-order valence-corrected chi connectivity index (χ4v) is 2.74. The van der Waals surface area contributed by atoms with Gasteiger partial charge in [0, 0.05) is 6.07 Å². The van der Waals surface area contributed by atoms with Crippen LogP contribution in [0.2, 0.25) is 0 Å². The largest absolute Gasteiger partial charge is 0.277 e. The lowest BCUT2D eigenvalue weighted by atomic mass is 9.98. The molecular formula is C20H25NO2. The first-order chi connectivity index (χ1) is 11.2. The Labute approximate surface area is 138 Å². The Morgan fingerprint density at radius 3 is 2.00 bits per heavy atom. The van der Waals surface area contributed by atoms with Crippen LogP contribution >= 0.6 is 0 Å². The average Bonchev–Trinajstić information content (AvgIpc) is 2.58. The van der Waals surface area contributed by atoms with Crippen LogP contribution in [0.15, 0.2) is 42.5 Å². The number of hydrogen-bond acceptors (Lipinski definition) is 2. The van der Waals surface area contributed by atoms with Crippen molar-refractivity contribution in [3.63, 3.8) is 0 Å². The van der Waals surface area contributed by atoms with E-state index < -0.39 is 0 Å². The van der Waals surface area contributed by atoms with E-state index in [9.17, 15) is 10.1 Å². The van der Waals surface area contributed by atoms with Crippen molar-refractivity contribution in [3.8, 4) is 11.1 Å². The van der Waals surface area contributed by atoms with Gasteiger partial charge in [0.15, 0.2) is 0 Å². The maximum Gasteiger partial charge on any atom is 0.277 e. The molecule has 0 saturated heterocycles. The average molecular weight is 311 g/mol. The molecule has 0 fully saturated rings. The van der Waals surface area contributed by atoms with Crippen LogP contribution in [-0.4, -0.2) is 4.92 Å². The molecule has 2 aromatic carbocycles. The third-order valence-electron chi connectivity index (χ3n) is 4.16. The van der Waals surface area contributed by atoms with E-state index in [1.807, 2.05) is 24.3 Å². The van der Waals surface area contributed by atoms with E-state index >= 15 is 0 Å². The van der Waals surface area contributed by atoms with Gasteiger partial charge in [-0.2, -0.15) is 0 Å². The van der Waals surface area contributed by atoms with E-state index in [4.69, 9.17) is 0 Å². The van der Waals surface area contributed by atoms with Crippen molar-refractivity contribution in [2.75, 3.05) is 0 Å². The maximum absolute atomic E-state index is 11.4. The molecule has 0 aliphatic heterocycles. The van der Waals surface area contributed by atoms with E-state index in [1.165, 1.54) is 18.4 Å². The third-order valence-corrected chi connectivity index (χ3v) is 4.16. The standard InChI is InChI=1S/C20H25NO2/c1-3-5-7-16-9-12-18(13-10-16)19-14-11-17(8-6-4-2)15-20(19)21(22)23/h9-15H,3-8H2,1-2H3. The van der Waals surface area contributed by atoms with Gasteiger partial charge in [0.1, 0.15) is 0 Å². The minimum atomic E-state index is -0.268. The molecule has 0 amide bonds. The van der Waals surface area contributed by atoms with Gasteiger partial charge in [0.25, 0.3) is 5.69 Å². The van der Waals surface area contributed by atoms with Crippen LogP contribution in [0.3, 0.4) is 0 Å². The lowest BCUT2D eigenvalue weighted by molar-refractivity contribution is -0.384. The monoisotopic (exact) mass is 311 g/mol. The Morgan fingerprint density at radius 2 is 1.43 bits per heavy atom. The van der Waals surface area contributed by atoms with Crippen molar-refractivity contribution in [3.05, 3.63) is 63.7 Å². The van der Waals surface area contributed by atoms with Crippen molar-refractivity contribution in [2.24, 2.45) is 0 Å². The number of benzene rings is 2.